The second kappa shape index (κ2) is 8.03. The Morgan fingerprint density at radius 1 is 1.11 bits per heavy atom. The first-order valence-corrected chi connectivity index (χ1v) is 11.4. The topological polar surface area (TPSA) is 67.3 Å². The van der Waals surface area contributed by atoms with E-state index < -0.39 is 9.84 Å². The number of nitrogens with zero attached hydrogens (tertiary/aromatic N) is 2. The van der Waals surface area contributed by atoms with E-state index in [0.29, 0.717) is 16.3 Å². The maximum atomic E-state index is 13.0. The number of hydrogen-bond donors (Lipinski definition) is 0. The van der Waals surface area contributed by atoms with Gasteiger partial charge in [0.05, 0.1) is 16.3 Å². The molecule has 2 unspecified atom stereocenters. The van der Waals surface area contributed by atoms with Crippen molar-refractivity contribution in [3.63, 3.8) is 0 Å². The lowest BCUT2D eigenvalue weighted by Gasteiger charge is -2.38. The van der Waals surface area contributed by atoms with Crippen LogP contribution in [0.5, 0.6) is 0 Å². The third kappa shape index (κ3) is 4.27. The zero-order chi connectivity index (χ0) is 20.5. The number of benzene rings is 1. The number of aromatic nitrogens is 1. The number of hydrogen-bond acceptors (Lipinski definition) is 4. The van der Waals surface area contributed by atoms with Gasteiger partial charge < -0.3 is 4.90 Å². The van der Waals surface area contributed by atoms with Crippen LogP contribution < -0.4 is 0 Å². The fraction of sp³-hybridized carbons (Fsp3) is 0.455. The van der Waals surface area contributed by atoms with Gasteiger partial charge in [-0.1, -0.05) is 23.8 Å². The first-order valence-electron chi connectivity index (χ1n) is 9.77. The summed E-state index contributed by atoms with van der Waals surface area (Å²) in [6, 6.07) is 10.7. The molecule has 5 nitrogen and oxygen atoms in total. The Balaban J connectivity index is 1.86. The van der Waals surface area contributed by atoms with Crippen molar-refractivity contribution in [1.82, 2.24) is 9.88 Å². The monoisotopic (exact) mass is 400 g/mol. The lowest BCUT2D eigenvalue weighted by atomic mass is 9.97. The molecule has 1 saturated heterocycles. The molecule has 0 aliphatic carbocycles. The van der Waals surface area contributed by atoms with Gasteiger partial charge in [0.1, 0.15) is 5.69 Å². The van der Waals surface area contributed by atoms with Crippen LogP contribution in [0.1, 0.15) is 60.4 Å². The van der Waals surface area contributed by atoms with Crippen molar-refractivity contribution in [1.29, 1.82) is 0 Å². The summed E-state index contributed by atoms with van der Waals surface area (Å²) in [6.07, 6.45) is 3.08. The summed E-state index contributed by atoms with van der Waals surface area (Å²) in [5, 5.41) is 0. The minimum Gasteiger partial charge on any atom is -0.332 e. The first kappa shape index (κ1) is 20.5. The zero-order valence-corrected chi connectivity index (χ0v) is 17.8. The van der Waals surface area contributed by atoms with Crippen LogP contribution in [0.3, 0.4) is 0 Å². The van der Waals surface area contributed by atoms with E-state index in [1.807, 2.05) is 17.9 Å². The largest absolute Gasteiger partial charge is 0.332 e. The fourth-order valence-electron chi connectivity index (χ4n) is 4.05. The van der Waals surface area contributed by atoms with Gasteiger partial charge in [-0.25, -0.2) is 13.4 Å². The summed E-state index contributed by atoms with van der Waals surface area (Å²) in [6.45, 7) is 7.85. The van der Waals surface area contributed by atoms with Crippen LogP contribution in [0.15, 0.2) is 41.3 Å². The van der Waals surface area contributed by atoms with Crippen molar-refractivity contribution >= 4 is 15.7 Å². The number of pyridine rings is 1. The summed E-state index contributed by atoms with van der Waals surface area (Å²) in [5.74, 6) is -0.339. The van der Waals surface area contributed by atoms with Crippen LogP contribution in [0.25, 0.3) is 0 Å². The molecule has 1 amide bonds. The standard InChI is InChI=1S/C22H28N2O3S/c1-15-11-12-21(16(2)13-15)28(26,27)14-19-9-6-10-20(23-19)22(25)24-17(3)7-5-8-18(24)4/h6,9-13,17-18H,5,7-8,14H2,1-4H3. The molecule has 1 aromatic carbocycles. The molecule has 150 valence electrons. The SMILES string of the molecule is Cc1ccc(S(=O)(=O)Cc2cccc(C(=O)N3C(C)CCCC3C)n2)c(C)c1. The van der Waals surface area contributed by atoms with Crippen molar-refractivity contribution in [3.8, 4) is 0 Å². The summed E-state index contributed by atoms with van der Waals surface area (Å²) < 4.78 is 25.8. The molecule has 0 spiro atoms. The highest BCUT2D eigenvalue weighted by Gasteiger charge is 2.30. The van der Waals surface area contributed by atoms with Crippen molar-refractivity contribution in [2.75, 3.05) is 0 Å². The number of carbonyl (C=O) groups excluding carboxylic acids is 1. The molecule has 2 aromatic rings. The molecule has 0 bridgehead atoms. The Kier molecular flexibility index (Phi) is 5.89. The van der Waals surface area contributed by atoms with Gasteiger partial charge in [0.25, 0.3) is 5.91 Å². The van der Waals surface area contributed by atoms with Crippen LogP contribution in [0, 0.1) is 13.8 Å². The lowest BCUT2D eigenvalue weighted by Crippen LogP contribution is -2.47. The van der Waals surface area contributed by atoms with E-state index in [0.717, 1.165) is 30.4 Å². The smallest absolute Gasteiger partial charge is 0.272 e. The molecule has 1 aromatic heterocycles. The number of carbonyl (C=O) groups is 1. The number of rotatable bonds is 4. The Morgan fingerprint density at radius 3 is 2.43 bits per heavy atom. The highest BCUT2D eigenvalue weighted by atomic mass is 32.2. The van der Waals surface area contributed by atoms with Crippen molar-refractivity contribution in [2.24, 2.45) is 0 Å². The summed E-state index contributed by atoms with van der Waals surface area (Å²) in [7, 11) is -3.54. The molecule has 1 fully saturated rings. The van der Waals surface area contributed by atoms with Gasteiger partial charge in [0.15, 0.2) is 9.84 Å². The number of aryl methyl sites for hydroxylation is 2. The molecule has 6 heteroatoms. The molecule has 2 atom stereocenters. The normalized spacial score (nSPS) is 20.2. The maximum absolute atomic E-state index is 13.0. The van der Waals surface area contributed by atoms with Gasteiger partial charge in [-0.3, -0.25) is 4.79 Å². The van der Waals surface area contributed by atoms with Gasteiger partial charge in [0.2, 0.25) is 0 Å². The van der Waals surface area contributed by atoms with E-state index in [2.05, 4.69) is 18.8 Å². The fourth-order valence-corrected chi connectivity index (χ4v) is 5.58. The molecular formula is C22H28N2O3S. The summed E-state index contributed by atoms with van der Waals surface area (Å²) in [4.78, 5) is 19.6. The Bertz CT molecular complexity index is 975. The van der Waals surface area contributed by atoms with Gasteiger partial charge in [-0.15, -0.1) is 0 Å². The van der Waals surface area contributed by atoms with Crippen LogP contribution in [0.4, 0.5) is 0 Å². The van der Waals surface area contributed by atoms with Crippen LogP contribution in [0.2, 0.25) is 0 Å². The molecule has 1 aliphatic heterocycles. The average Bonchev–Trinajstić information content (AvgIpc) is 2.61. The second-order valence-electron chi connectivity index (χ2n) is 7.88. The lowest BCUT2D eigenvalue weighted by molar-refractivity contribution is 0.0504. The zero-order valence-electron chi connectivity index (χ0n) is 17.0. The Hall–Kier alpha value is -2.21. The van der Waals surface area contributed by atoms with Gasteiger partial charge >= 0.3 is 0 Å². The van der Waals surface area contributed by atoms with Gasteiger partial charge in [-0.2, -0.15) is 0 Å². The third-order valence-electron chi connectivity index (χ3n) is 5.46. The van der Waals surface area contributed by atoms with Gasteiger partial charge in [0, 0.05) is 12.1 Å². The van der Waals surface area contributed by atoms with Crippen molar-refractivity contribution in [3.05, 3.63) is 58.9 Å². The summed E-state index contributed by atoms with van der Waals surface area (Å²) >= 11 is 0. The van der Waals surface area contributed by atoms with Gasteiger partial charge in [-0.05, 0) is 70.7 Å². The van der Waals surface area contributed by atoms with E-state index in [-0.39, 0.29) is 23.7 Å². The Labute approximate surface area is 167 Å². The van der Waals surface area contributed by atoms with Crippen molar-refractivity contribution < 1.29 is 13.2 Å². The molecule has 28 heavy (non-hydrogen) atoms. The number of amides is 1. The molecule has 1 aliphatic rings. The van der Waals surface area contributed by atoms with E-state index >= 15 is 0 Å². The van der Waals surface area contributed by atoms with E-state index in [4.69, 9.17) is 0 Å². The number of sulfone groups is 1. The molecule has 0 N–H and O–H groups in total. The molecule has 0 saturated carbocycles. The summed E-state index contributed by atoms with van der Waals surface area (Å²) in [5.41, 5.74) is 2.45. The van der Waals surface area contributed by atoms with Crippen LogP contribution in [-0.4, -0.2) is 36.3 Å². The van der Waals surface area contributed by atoms with E-state index in [9.17, 15) is 13.2 Å². The van der Waals surface area contributed by atoms with Crippen molar-refractivity contribution in [2.45, 2.75) is 69.7 Å². The van der Waals surface area contributed by atoms with E-state index in [1.165, 1.54) is 0 Å². The second-order valence-corrected chi connectivity index (χ2v) is 9.84. The predicted octanol–water partition coefficient (Wildman–Crippen LogP) is 4.08. The third-order valence-corrected chi connectivity index (χ3v) is 7.26. The Morgan fingerprint density at radius 2 is 1.79 bits per heavy atom. The quantitative estimate of drug-likeness (QED) is 0.776. The van der Waals surface area contributed by atoms with Crippen LogP contribution in [-0.2, 0) is 15.6 Å². The molecular weight excluding hydrogens is 372 g/mol. The average molecular weight is 401 g/mol. The van der Waals surface area contributed by atoms with E-state index in [1.54, 1.807) is 37.3 Å². The van der Waals surface area contributed by atoms with Crippen LogP contribution >= 0.6 is 0 Å². The number of likely N-dealkylation sites (tertiary alicyclic amines) is 1. The first-order chi connectivity index (χ1) is 13.2. The highest BCUT2D eigenvalue weighted by Crippen LogP contribution is 2.25. The minimum absolute atomic E-state index is 0.120. The molecule has 0 radical (unpaired) electrons. The predicted molar refractivity (Wildman–Crippen MR) is 110 cm³/mol. The minimum atomic E-state index is -3.54. The molecule has 2 heterocycles. The highest BCUT2D eigenvalue weighted by molar-refractivity contribution is 7.90. The number of piperidine rings is 1. The molecule has 3 rings (SSSR count). The maximum Gasteiger partial charge on any atom is 0.272 e.